The van der Waals surface area contributed by atoms with Gasteiger partial charge in [-0.1, -0.05) is 35.9 Å². The molecule has 2 aromatic rings. The lowest BCUT2D eigenvalue weighted by Gasteiger charge is -2.22. The average Bonchev–Trinajstić information content (AvgIpc) is 2.69. The van der Waals surface area contributed by atoms with Crippen LogP contribution in [0.3, 0.4) is 0 Å². The lowest BCUT2D eigenvalue weighted by atomic mass is 9.96. The lowest BCUT2D eigenvalue weighted by Crippen LogP contribution is -2.33. The van der Waals surface area contributed by atoms with E-state index in [2.05, 4.69) is 10.6 Å². The standard InChI is InChI=1S/C22H27ClN2O2/c23-20-8-6-18(7-9-20)16-27-21-5-1-3-19(13-21)14-22(26)25-12-10-17-4-2-11-24-15-17/h1,3,5-9,13,17,24H,2,4,10-12,14-16H2,(H,25,26). The van der Waals surface area contributed by atoms with Crippen LogP contribution in [0.25, 0.3) is 0 Å². The third kappa shape index (κ3) is 6.89. The second-order valence-corrected chi connectivity index (χ2v) is 7.53. The predicted octanol–water partition coefficient (Wildman–Crippen LogP) is 3.97. The van der Waals surface area contributed by atoms with Crippen LogP contribution in [0.1, 0.15) is 30.4 Å². The predicted molar refractivity (Wildman–Crippen MR) is 109 cm³/mol. The van der Waals surface area contributed by atoms with E-state index in [0.717, 1.165) is 42.9 Å². The van der Waals surface area contributed by atoms with E-state index < -0.39 is 0 Å². The number of hydrogen-bond acceptors (Lipinski definition) is 3. The minimum absolute atomic E-state index is 0.0635. The second kappa shape index (κ2) is 10.3. The van der Waals surface area contributed by atoms with Gasteiger partial charge in [-0.2, -0.15) is 0 Å². The zero-order valence-electron chi connectivity index (χ0n) is 15.5. The number of nitrogens with one attached hydrogen (secondary N) is 2. The van der Waals surface area contributed by atoms with Crippen LogP contribution in [0.4, 0.5) is 0 Å². The molecule has 1 saturated heterocycles. The van der Waals surface area contributed by atoms with Crippen molar-refractivity contribution in [3.63, 3.8) is 0 Å². The number of ether oxygens (including phenoxy) is 1. The van der Waals surface area contributed by atoms with E-state index in [4.69, 9.17) is 16.3 Å². The summed E-state index contributed by atoms with van der Waals surface area (Å²) in [5.74, 6) is 1.51. The van der Waals surface area contributed by atoms with E-state index >= 15 is 0 Å². The fourth-order valence-corrected chi connectivity index (χ4v) is 3.45. The topological polar surface area (TPSA) is 50.4 Å². The first-order chi connectivity index (χ1) is 13.2. The molecule has 4 nitrogen and oxygen atoms in total. The van der Waals surface area contributed by atoms with Gasteiger partial charge in [-0.15, -0.1) is 0 Å². The van der Waals surface area contributed by atoms with E-state index in [0.29, 0.717) is 24.0 Å². The van der Waals surface area contributed by atoms with Crippen LogP contribution in [-0.2, 0) is 17.8 Å². The fraction of sp³-hybridized carbons (Fsp3) is 0.409. The molecule has 27 heavy (non-hydrogen) atoms. The van der Waals surface area contributed by atoms with Gasteiger partial charge in [0.05, 0.1) is 6.42 Å². The molecule has 1 atom stereocenters. The van der Waals surface area contributed by atoms with Crippen molar-refractivity contribution in [2.75, 3.05) is 19.6 Å². The molecule has 1 aliphatic rings. The van der Waals surface area contributed by atoms with Crippen LogP contribution in [0.2, 0.25) is 5.02 Å². The molecule has 1 unspecified atom stereocenters. The van der Waals surface area contributed by atoms with Crippen LogP contribution in [0, 0.1) is 5.92 Å². The number of halogens is 1. The molecule has 2 N–H and O–H groups in total. The Labute approximate surface area is 166 Å². The highest BCUT2D eigenvalue weighted by atomic mass is 35.5. The molecule has 1 aliphatic heterocycles. The maximum Gasteiger partial charge on any atom is 0.224 e. The minimum atomic E-state index is 0.0635. The molecule has 5 heteroatoms. The van der Waals surface area contributed by atoms with Crippen LogP contribution in [0.15, 0.2) is 48.5 Å². The number of piperidine rings is 1. The van der Waals surface area contributed by atoms with E-state index in [1.165, 1.54) is 12.8 Å². The Kier molecular flexibility index (Phi) is 7.55. The van der Waals surface area contributed by atoms with Crippen molar-refractivity contribution in [1.29, 1.82) is 0 Å². The zero-order chi connectivity index (χ0) is 18.9. The molecule has 1 heterocycles. The summed E-state index contributed by atoms with van der Waals surface area (Å²) in [5, 5.41) is 7.17. The van der Waals surface area contributed by atoms with Gasteiger partial charge in [0.1, 0.15) is 12.4 Å². The number of benzene rings is 2. The molecule has 1 fully saturated rings. The highest BCUT2D eigenvalue weighted by Crippen LogP contribution is 2.17. The summed E-state index contributed by atoms with van der Waals surface area (Å²) in [4.78, 5) is 12.2. The molecular formula is C22H27ClN2O2. The third-order valence-corrected chi connectivity index (χ3v) is 5.11. The molecule has 0 aromatic heterocycles. The van der Waals surface area contributed by atoms with Gasteiger partial charge in [-0.05, 0) is 73.7 Å². The Morgan fingerprint density at radius 3 is 2.81 bits per heavy atom. The van der Waals surface area contributed by atoms with Crippen LogP contribution >= 0.6 is 11.6 Å². The van der Waals surface area contributed by atoms with Crippen molar-refractivity contribution in [1.82, 2.24) is 10.6 Å². The van der Waals surface area contributed by atoms with Crippen molar-refractivity contribution in [3.8, 4) is 5.75 Å². The van der Waals surface area contributed by atoms with Gasteiger partial charge in [0.15, 0.2) is 0 Å². The monoisotopic (exact) mass is 386 g/mol. The molecular weight excluding hydrogens is 360 g/mol. The van der Waals surface area contributed by atoms with Crippen molar-refractivity contribution < 1.29 is 9.53 Å². The number of carbonyl (C=O) groups is 1. The molecule has 0 aliphatic carbocycles. The Balaban J connectivity index is 1.42. The summed E-state index contributed by atoms with van der Waals surface area (Å²) in [6, 6.07) is 15.3. The molecule has 1 amide bonds. The summed E-state index contributed by atoms with van der Waals surface area (Å²) in [6.45, 7) is 3.42. The van der Waals surface area contributed by atoms with Crippen molar-refractivity contribution in [2.45, 2.75) is 32.3 Å². The first kappa shape index (κ1) is 19.7. The number of amides is 1. The van der Waals surface area contributed by atoms with Gasteiger partial charge in [0, 0.05) is 11.6 Å². The van der Waals surface area contributed by atoms with E-state index in [-0.39, 0.29) is 5.91 Å². The zero-order valence-corrected chi connectivity index (χ0v) is 16.3. The highest BCUT2D eigenvalue weighted by molar-refractivity contribution is 6.30. The lowest BCUT2D eigenvalue weighted by molar-refractivity contribution is -0.120. The normalized spacial score (nSPS) is 16.7. The number of hydrogen-bond donors (Lipinski definition) is 2. The largest absolute Gasteiger partial charge is 0.489 e. The number of carbonyl (C=O) groups excluding carboxylic acids is 1. The van der Waals surface area contributed by atoms with Gasteiger partial charge in [-0.25, -0.2) is 0 Å². The molecule has 144 valence electrons. The summed E-state index contributed by atoms with van der Waals surface area (Å²) < 4.78 is 5.83. The van der Waals surface area contributed by atoms with E-state index in [1.54, 1.807) is 0 Å². The van der Waals surface area contributed by atoms with Crippen LogP contribution in [0.5, 0.6) is 5.75 Å². The summed E-state index contributed by atoms with van der Waals surface area (Å²) in [5.41, 5.74) is 2.01. The smallest absolute Gasteiger partial charge is 0.224 e. The Morgan fingerprint density at radius 1 is 1.19 bits per heavy atom. The quantitative estimate of drug-likeness (QED) is 0.721. The second-order valence-electron chi connectivity index (χ2n) is 7.09. The van der Waals surface area contributed by atoms with Crippen LogP contribution < -0.4 is 15.4 Å². The third-order valence-electron chi connectivity index (χ3n) is 4.86. The summed E-state index contributed by atoms with van der Waals surface area (Å²) >= 11 is 5.90. The molecule has 2 aromatic carbocycles. The van der Waals surface area contributed by atoms with Gasteiger partial charge in [-0.3, -0.25) is 4.79 Å². The van der Waals surface area contributed by atoms with E-state index in [9.17, 15) is 4.79 Å². The molecule has 0 spiro atoms. The highest BCUT2D eigenvalue weighted by Gasteiger charge is 2.13. The summed E-state index contributed by atoms with van der Waals surface area (Å²) in [6.07, 6.45) is 3.92. The van der Waals surface area contributed by atoms with Crippen LogP contribution in [-0.4, -0.2) is 25.5 Å². The van der Waals surface area contributed by atoms with Gasteiger partial charge in [0.2, 0.25) is 5.91 Å². The van der Waals surface area contributed by atoms with Crippen molar-refractivity contribution in [3.05, 3.63) is 64.7 Å². The van der Waals surface area contributed by atoms with Gasteiger partial charge < -0.3 is 15.4 Å². The molecule has 0 radical (unpaired) electrons. The van der Waals surface area contributed by atoms with Gasteiger partial charge in [0.25, 0.3) is 0 Å². The maximum atomic E-state index is 12.2. The van der Waals surface area contributed by atoms with Crippen molar-refractivity contribution >= 4 is 17.5 Å². The van der Waals surface area contributed by atoms with Gasteiger partial charge >= 0.3 is 0 Å². The van der Waals surface area contributed by atoms with E-state index in [1.807, 2.05) is 48.5 Å². The van der Waals surface area contributed by atoms with Crippen molar-refractivity contribution in [2.24, 2.45) is 5.92 Å². The maximum absolute atomic E-state index is 12.2. The average molecular weight is 387 g/mol. The molecule has 0 bridgehead atoms. The molecule has 0 saturated carbocycles. The first-order valence-corrected chi connectivity index (χ1v) is 10.0. The molecule has 3 rings (SSSR count). The summed E-state index contributed by atoms with van der Waals surface area (Å²) in [7, 11) is 0. The number of rotatable bonds is 8. The fourth-order valence-electron chi connectivity index (χ4n) is 3.33. The SMILES string of the molecule is O=C(Cc1cccc(OCc2ccc(Cl)cc2)c1)NCCC1CCCNC1. The Hall–Kier alpha value is -2.04. The Bertz CT molecular complexity index is 727. The minimum Gasteiger partial charge on any atom is -0.489 e. The Morgan fingerprint density at radius 2 is 2.04 bits per heavy atom. The first-order valence-electron chi connectivity index (χ1n) is 9.62.